The van der Waals surface area contributed by atoms with Crippen LogP contribution in [0.5, 0.6) is 5.75 Å². The standard InChI is InChI=1S/C41H35BO/c1-26-18-33(30-12-7-5-8-13-30)19-27(2)39(26)42-40-28(3)20-34(31-14-9-6-10-15-31)22-36(40)24-37-23-35(21-29(4)41(37)42)32-16-11-17-38(43)25-32/h5-23,25,43H,24H2,1-4H3. The van der Waals surface area contributed by atoms with E-state index in [1.165, 1.54) is 72.0 Å². The van der Waals surface area contributed by atoms with Gasteiger partial charge in [-0.3, -0.25) is 0 Å². The first-order valence-electron chi connectivity index (χ1n) is 15.2. The van der Waals surface area contributed by atoms with E-state index in [9.17, 15) is 5.11 Å². The zero-order chi connectivity index (χ0) is 29.7. The molecule has 0 saturated heterocycles. The summed E-state index contributed by atoms with van der Waals surface area (Å²) in [5, 5.41) is 10.2. The van der Waals surface area contributed by atoms with Crippen LogP contribution in [0.1, 0.15) is 33.4 Å². The van der Waals surface area contributed by atoms with E-state index >= 15 is 0 Å². The number of phenolic OH excluding ortho intramolecular Hbond substituents is 1. The first kappa shape index (κ1) is 27.0. The molecule has 6 aromatic rings. The molecule has 0 aliphatic carbocycles. The van der Waals surface area contributed by atoms with Gasteiger partial charge in [0.2, 0.25) is 6.71 Å². The van der Waals surface area contributed by atoms with E-state index in [0.29, 0.717) is 5.75 Å². The molecular formula is C41H35BO. The highest BCUT2D eigenvalue weighted by atomic mass is 16.3. The molecule has 2 heteroatoms. The maximum atomic E-state index is 10.2. The highest BCUT2D eigenvalue weighted by Crippen LogP contribution is 2.31. The topological polar surface area (TPSA) is 20.2 Å². The molecule has 0 fully saturated rings. The van der Waals surface area contributed by atoms with E-state index < -0.39 is 0 Å². The van der Waals surface area contributed by atoms with Crippen molar-refractivity contribution in [2.75, 3.05) is 0 Å². The van der Waals surface area contributed by atoms with Crippen molar-refractivity contribution in [1.29, 1.82) is 0 Å². The summed E-state index contributed by atoms with van der Waals surface area (Å²) in [5.41, 5.74) is 19.6. The molecule has 1 heterocycles. The van der Waals surface area contributed by atoms with E-state index in [2.05, 4.69) is 131 Å². The summed E-state index contributed by atoms with van der Waals surface area (Å²) in [7, 11) is 0. The third kappa shape index (κ3) is 4.87. The third-order valence-electron chi connectivity index (χ3n) is 9.18. The van der Waals surface area contributed by atoms with Crippen LogP contribution in [0.15, 0.2) is 121 Å². The van der Waals surface area contributed by atoms with Crippen LogP contribution in [0.25, 0.3) is 33.4 Å². The molecule has 7 rings (SSSR count). The van der Waals surface area contributed by atoms with Gasteiger partial charge in [-0.15, -0.1) is 0 Å². The molecule has 0 amide bonds. The summed E-state index contributed by atoms with van der Waals surface area (Å²) in [6.07, 6.45) is 0.885. The average molecular weight is 555 g/mol. The summed E-state index contributed by atoms with van der Waals surface area (Å²) in [4.78, 5) is 0. The lowest BCUT2D eigenvalue weighted by molar-refractivity contribution is 0.475. The maximum Gasteiger partial charge on any atom is 0.243 e. The monoisotopic (exact) mass is 554 g/mol. The maximum absolute atomic E-state index is 10.2. The van der Waals surface area contributed by atoms with Crippen LogP contribution in [0.4, 0.5) is 0 Å². The molecule has 1 nitrogen and oxygen atoms in total. The molecule has 43 heavy (non-hydrogen) atoms. The Bertz CT molecular complexity index is 1940. The van der Waals surface area contributed by atoms with E-state index in [0.717, 1.165) is 17.5 Å². The largest absolute Gasteiger partial charge is 0.508 e. The highest BCUT2D eigenvalue weighted by Gasteiger charge is 2.35. The molecule has 0 spiro atoms. The molecule has 0 saturated carbocycles. The first-order chi connectivity index (χ1) is 20.9. The number of hydrogen-bond acceptors (Lipinski definition) is 1. The quantitative estimate of drug-likeness (QED) is 0.218. The number of hydrogen-bond donors (Lipinski definition) is 1. The van der Waals surface area contributed by atoms with Gasteiger partial charge in [-0.05, 0) is 90.8 Å². The number of phenols is 1. The van der Waals surface area contributed by atoms with Gasteiger partial charge in [-0.2, -0.15) is 0 Å². The van der Waals surface area contributed by atoms with Crippen LogP contribution < -0.4 is 16.4 Å². The van der Waals surface area contributed by atoms with Crippen molar-refractivity contribution in [1.82, 2.24) is 0 Å². The molecule has 0 aromatic heterocycles. The number of rotatable bonds is 4. The fourth-order valence-corrected chi connectivity index (χ4v) is 7.38. The second kappa shape index (κ2) is 10.8. The number of aromatic hydroxyl groups is 1. The van der Waals surface area contributed by atoms with E-state index in [1.807, 2.05) is 12.1 Å². The molecule has 0 atom stereocenters. The summed E-state index contributed by atoms with van der Waals surface area (Å²) >= 11 is 0. The van der Waals surface area contributed by atoms with Crippen molar-refractivity contribution in [3.05, 3.63) is 155 Å². The molecular weight excluding hydrogens is 519 g/mol. The van der Waals surface area contributed by atoms with Gasteiger partial charge in [-0.25, -0.2) is 0 Å². The van der Waals surface area contributed by atoms with Crippen molar-refractivity contribution in [3.8, 4) is 39.1 Å². The number of benzene rings is 6. The molecule has 1 aliphatic rings. The fourth-order valence-electron chi connectivity index (χ4n) is 7.38. The van der Waals surface area contributed by atoms with Crippen LogP contribution in [-0.4, -0.2) is 11.8 Å². The Kier molecular flexibility index (Phi) is 6.78. The Labute approximate surface area is 255 Å². The second-order valence-corrected chi connectivity index (χ2v) is 12.1. The number of aryl methyl sites for hydroxylation is 4. The minimum atomic E-state index is 0.145. The van der Waals surface area contributed by atoms with Gasteiger partial charge in [0, 0.05) is 0 Å². The minimum absolute atomic E-state index is 0.145. The van der Waals surface area contributed by atoms with E-state index in [1.54, 1.807) is 6.07 Å². The smallest absolute Gasteiger partial charge is 0.243 e. The summed E-state index contributed by atoms with van der Waals surface area (Å²) < 4.78 is 0. The van der Waals surface area contributed by atoms with Crippen LogP contribution in [0.3, 0.4) is 0 Å². The third-order valence-corrected chi connectivity index (χ3v) is 9.18. The lowest BCUT2D eigenvalue weighted by Crippen LogP contribution is -2.60. The van der Waals surface area contributed by atoms with Gasteiger partial charge in [0.05, 0.1) is 0 Å². The number of fused-ring (bicyclic) bond motifs is 2. The van der Waals surface area contributed by atoms with Crippen molar-refractivity contribution in [2.45, 2.75) is 34.1 Å². The predicted octanol–water partition coefficient (Wildman–Crippen LogP) is 8.05. The Morgan fingerprint density at radius 2 is 0.837 bits per heavy atom. The molecule has 0 unspecified atom stereocenters. The fraction of sp³-hybridized carbons (Fsp3) is 0.122. The highest BCUT2D eigenvalue weighted by molar-refractivity contribution is 6.97. The predicted molar refractivity (Wildman–Crippen MR) is 184 cm³/mol. The van der Waals surface area contributed by atoms with Gasteiger partial charge in [0.25, 0.3) is 0 Å². The Balaban J connectivity index is 1.47. The molecule has 0 bridgehead atoms. The molecule has 1 N–H and O–H groups in total. The summed E-state index contributed by atoms with van der Waals surface area (Å²) in [5.74, 6) is 0.295. The van der Waals surface area contributed by atoms with Crippen LogP contribution in [0, 0.1) is 27.7 Å². The SMILES string of the molecule is Cc1cc(-c2ccccc2)cc(C)c1B1c2c(C)cc(-c3ccccc3)cc2Cc2cc(-c3cccc(O)c3)cc(C)c21. The van der Waals surface area contributed by atoms with Crippen LogP contribution in [0.2, 0.25) is 0 Å². The van der Waals surface area contributed by atoms with E-state index in [-0.39, 0.29) is 6.71 Å². The Morgan fingerprint density at radius 1 is 0.419 bits per heavy atom. The van der Waals surface area contributed by atoms with Gasteiger partial charge >= 0.3 is 0 Å². The normalized spacial score (nSPS) is 12.1. The molecule has 208 valence electrons. The zero-order valence-electron chi connectivity index (χ0n) is 25.3. The van der Waals surface area contributed by atoms with Gasteiger partial charge in [0.15, 0.2) is 0 Å². The van der Waals surface area contributed by atoms with Gasteiger partial charge < -0.3 is 5.11 Å². The van der Waals surface area contributed by atoms with Gasteiger partial charge in [0.1, 0.15) is 5.75 Å². The Morgan fingerprint density at radius 3 is 1.33 bits per heavy atom. The van der Waals surface area contributed by atoms with Gasteiger partial charge in [-0.1, -0.05) is 148 Å². The second-order valence-electron chi connectivity index (χ2n) is 12.1. The first-order valence-corrected chi connectivity index (χ1v) is 15.2. The molecule has 1 aliphatic heterocycles. The zero-order valence-corrected chi connectivity index (χ0v) is 25.3. The Hall–Kier alpha value is -4.82. The van der Waals surface area contributed by atoms with Crippen molar-refractivity contribution in [3.63, 3.8) is 0 Å². The van der Waals surface area contributed by atoms with Crippen molar-refractivity contribution >= 4 is 23.1 Å². The van der Waals surface area contributed by atoms with Crippen molar-refractivity contribution < 1.29 is 5.11 Å². The lowest BCUT2D eigenvalue weighted by atomic mass is 9.31. The van der Waals surface area contributed by atoms with Crippen molar-refractivity contribution in [2.24, 2.45) is 0 Å². The average Bonchev–Trinajstić information content (AvgIpc) is 3.01. The summed E-state index contributed by atoms with van der Waals surface area (Å²) in [6, 6.07) is 43.3. The summed E-state index contributed by atoms with van der Waals surface area (Å²) in [6.45, 7) is 9.27. The van der Waals surface area contributed by atoms with E-state index in [4.69, 9.17) is 0 Å². The van der Waals surface area contributed by atoms with Crippen LogP contribution in [-0.2, 0) is 6.42 Å². The van der Waals surface area contributed by atoms with Crippen LogP contribution >= 0.6 is 0 Å². The molecule has 6 aromatic carbocycles. The lowest BCUT2D eigenvalue weighted by Gasteiger charge is -2.33. The molecule has 0 radical (unpaired) electrons. The minimum Gasteiger partial charge on any atom is -0.508 e.